The first kappa shape index (κ1) is 48.5. The third-order valence-corrected chi connectivity index (χ3v) is 15.9. The second-order valence-electron chi connectivity index (χ2n) is 20.7. The zero-order valence-corrected chi connectivity index (χ0v) is 45.1. The molecule has 1 aliphatic carbocycles. The number of rotatable bonds is 5. The van der Waals surface area contributed by atoms with Gasteiger partial charge < -0.3 is 18.8 Å². The van der Waals surface area contributed by atoms with Crippen LogP contribution in [-0.2, 0) is 30.9 Å². The van der Waals surface area contributed by atoms with Crippen LogP contribution in [0.3, 0.4) is 0 Å². The van der Waals surface area contributed by atoms with Crippen molar-refractivity contribution in [1.29, 1.82) is 0 Å². The van der Waals surface area contributed by atoms with E-state index in [0.29, 0.717) is 0 Å². The van der Waals surface area contributed by atoms with Crippen molar-refractivity contribution < 1.29 is 33.3 Å². The van der Waals surface area contributed by atoms with Gasteiger partial charge in [0.1, 0.15) is 22.3 Å². The van der Waals surface area contributed by atoms with E-state index in [4.69, 9.17) is 13.8 Å². The first-order valence-electron chi connectivity index (χ1n) is 25.0. The Morgan fingerprint density at radius 3 is 1.55 bits per heavy atom. The van der Waals surface area contributed by atoms with E-state index in [1.807, 2.05) is 24.4 Å². The van der Waals surface area contributed by atoms with E-state index in [0.717, 1.165) is 111 Å². The topological polar surface area (TPSA) is 52.1 Å². The smallest absolute Gasteiger partial charge is 0.138 e. The van der Waals surface area contributed by atoms with Crippen LogP contribution >= 0.6 is 0 Å². The SMILES string of the molecule is CC1(C)c2cc(F)c[c-]c2-c2ncccc2C1(C)C.Cc1cc2c(oc3cc(-c4ccccc4)ccc32)c(C)c1-c1c[c-]c(-c2ccc(-c3c(C)cc4c(oc5cc(-c6ccccc6)ccc54)c3C)cn2)cc1.[Ir]. The number of hydrogen-bond acceptors (Lipinski definition) is 4. The van der Waals surface area contributed by atoms with Gasteiger partial charge >= 0.3 is 0 Å². The molecule has 13 rings (SSSR count). The molecule has 0 amide bonds. The summed E-state index contributed by atoms with van der Waals surface area (Å²) in [5.41, 5.74) is 23.1. The molecule has 0 spiro atoms. The van der Waals surface area contributed by atoms with Crippen LogP contribution in [0.5, 0.6) is 0 Å². The van der Waals surface area contributed by atoms with Crippen molar-refractivity contribution >= 4 is 43.9 Å². The van der Waals surface area contributed by atoms with Crippen LogP contribution in [0.1, 0.15) is 61.1 Å². The van der Waals surface area contributed by atoms with Crippen molar-refractivity contribution in [2.24, 2.45) is 0 Å². The van der Waals surface area contributed by atoms with E-state index in [1.54, 1.807) is 12.3 Å². The molecule has 0 saturated heterocycles. The number of nitrogens with zero attached hydrogens (tertiary/aromatic N) is 2. The summed E-state index contributed by atoms with van der Waals surface area (Å²) >= 11 is 0. The predicted octanol–water partition coefficient (Wildman–Crippen LogP) is 18.5. The van der Waals surface area contributed by atoms with Gasteiger partial charge in [-0.1, -0.05) is 141 Å². The minimum absolute atomic E-state index is 0. The number of halogens is 1. The summed E-state index contributed by atoms with van der Waals surface area (Å²) in [6.07, 6.45) is 3.76. The number of aryl methyl sites for hydroxylation is 4. The van der Waals surface area contributed by atoms with Crippen molar-refractivity contribution in [2.45, 2.75) is 66.2 Å². The number of fused-ring (bicyclic) bond motifs is 9. The molecule has 1 aliphatic rings. The quantitative estimate of drug-likeness (QED) is 0.161. The molecule has 4 heterocycles. The van der Waals surface area contributed by atoms with Gasteiger partial charge in [-0.15, -0.1) is 59.2 Å². The molecule has 1 radical (unpaired) electrons. The monoisotopic (exact) mass is 1140 g/mol. The number of hydrogen-bond donors (Lipinski definition) is 0. The molecule has 0 bridgehead atoms. The first-order chi connectivity index (χ1) is 35.3. The molecule has 6 heteroatoms. The fraction of sp³-hybridized carbons (Fsp3) is 0.147. The Balaban J connectivity index is 0.000000247. The fourth-order valence-corrected chi connectivity index (χ4v) is 11.4. The average molecular weight is 1140 g/mol. The van der Waals surface area contributed by atoms with Crippen LogP contribution in [0, 0.1) is 45.6 Å². The molecular weight excluding hydrogens is 1090 g/mol. The summed E-state index contributed by atoms with van der Waals surface area (Å²) in [4.78, 5) is 9.43. The van der Waals surface area contributed by atoms with Crippen LogP contribution in [-0.4, -0.2) is 9.97 Å². The van der Waals surface area contributed by atoms with Crippen LogP contribution in [0.2, 0.25) is 0 Å². The van der Waals surface area contributed by atoms with Gasteiger partial charge in [0.2, 0.25) is 0 Å². The Kier molecular flexibility index (Phi) is 12.2. The van der Waals surface area contributed by atoms with Gasteiger partial charge in [-0.05, 0) is 137 Å². The standard InChI is InChI=1S/C51H36NO2.C17H17FN.Ir/c1-30-25-43-41-22-19-38(34-11-7-5-8-12-34)27-46(41)53-50(43)32(3)48(30)37-17-15-36(16-18-37)45-24-21-40(29-52-45)49-31(2)26-44-42-23-20-39(35-13-9-6-10-14-35)28-47(42)54-51(44)33(49)4;1-16(2)13-6-5-9-19-15(13)12-8-7-11(18)10-14(12)17(16,3)4;/h5-15,17-29H,1-4H3;5-7,9-10H,1-4H3;/q2*-1;. The minimum Gasteiger partial charge on any atom is -0.456 e. The number of pyridine rings is 2. The van der Waals surface area contributed by atoms with E-state index in [-0.39, 0.29) is 36.8 Å². The molecule has 0 saturated carbocycles. The molecule has 4 aromatic heterocycles. The normalized spacial score (nSPS) is 13.3. The van der Waals surface area contributed by atoms with Gasteiger partial charge in [0, 0.05) is 65.4 Å². The summed E-state index contributed by atoms with van der Waals surface area (Å²) in [6.45, 7) is 17.4. The second-order valence-corrected chi connectivity index (χ2v) is 20.7. The average Bonchev–Trinajstić information content (AvgIpc) is 3.97. The maximum atomic E-state index is 13.6. The van der Waals surface area contributed by atoms with E-state index in [9.17, 15) is 4.39 Å². The summed E-state index contributed by atoms with van der Waals surface area (Å²) in [5, 5.41) is 4.56. The third kappa shape index (κ3) is 8.00. The fourth-order valence-electron chi connectivity index (χ4n) is 11.4. The largest absolute Gasteiger partial charge is 0.456 e. The zero-order valence-electron chi connectivity index (χ0n) is 42.7. The number of aromatic nitrogens is 2. The third-order valence-electron chi connectivity index (χ3n) is 15.9. The molecule has 4 nitrogen and oxygen atoms in total. The van der Waals surface area contributed by atoms with Gasteiger partial charge in [-0.2, -0.15) is 0 Å². The van der Waals surface area contributed by atoms with Gasteiger partial charge in [0.25, 0.3) is 0 Å². The molecule has 74 heavy (non-hydrogen) atoms. The molecule has 8 aromatic carbocycles. The van der Waals surface area contributed by atoms with Crippen molar-refractivity contribution in [1.82, 2.24) is 9.97 Å². The minimum atomic E-state index is -0.234. The molecular formula is C68H53FIrN2O2-2. The van der Waals surface area contributed by atoms with E-state index >= 15 is 0 Å². The zero-order chi connectivity index (χ0) is 50.3. The van der Waals surface area contributed by atoms with Crippen LogP contribution in [0.25, 0.3) is 111 Å². The van der Waals surface area contributed by atoms with Gasteiger partial charge in [-0.3, -0.25) is 4.39 Å². The molecule has 0 fully saturated rings. The van der Waals surface area contributed by atoms with Crippen molar-refractivity contribution in [2.75, 3.05) is 0 Å². The molecule has 0 unspecified atom stereocenters. The Bertz CT molecular complexity index is 3900. The molecule has 12 aromatic rings. The maximum Gasteiger partial charge on any atom is 0.138 e. The molecule has 0 aliphatic heterocycles. The van der Waals surface area contributed by atoms with E-state index < -0.39 is 0 Å². The Labute approximate surface area is 445 Å². The Hall–Kier alpha value is -7.76. The second kappa shape index (κ2) is 18.6. The number of furan rings is 2. The predicted molar refractivity (Wildman–Crippen MR) is 298 cm³/mol. The summed E-state index contributed by atoms with van der Waals surface area (Å²) in [5.74, 6) is -0.234. The molecule has 0 atom stereocenters. The van der Waals surface area contributed by atoms with Gasteiger partial charge in [0.05, 0.1) is 0 Å². The molecule has 0 N–H and O–H groups in total. The summed E-state index contributed by atoms with van der Waals surface area (Å²) in [7, 11) is 0. The van der Waals surface area contributed by atoms with Crippen LogP contribution in [0.4, 0.5) is 4.39 Å². The number of benzene rings is 8. The van der Waals surface area contributed by atoms with Crippen molar-refractivity contribution in [3.05, 3.63) is 228 Å². The first-order valence-corrected chi connectivity index (χ1v) is 25.0. The van der Waals surface area contributed by atoms with Gasteiger partial charge in [-0.25, -0.2) is 0 Å². The summed E-state index contributed by atoms with van der Waals surface area (Å²) in [6, 6.07) is 62.8. The Morgan fingerprint density at radius 2 is 1.01 bits per heavy atom. The van der Waals surface area contributed by atoms with E-state index in [1.165, 1.54) is 39.4 Å². The van der Waals surface area contributed by atoms with E-state index in [2.05, 4.69) is 206 Å². The van der Waals surface area contributed by atoms with Crippen molar-refractivity contribution in [3.8, 4) is 67.0 Å². The van der Waals surface area contributed by atoms with Crippen LogP contribution in [0.15, 0.2) is 185 Å². The van der Waals surface area contributed by atoms with Crippen molar-refractivity contribution in [3.63, 3.8) is 0 Å². The Morgan fingerprint density at radius 1 is 0.473 bits per heavy atom. The maximum absolute atomic E-state index is 13.6. The molecule has 365 valence electrons. The van der Waals surface area contributed by atoms with Crippen LogP contribution < -0.4 is 0 Å². The summed E-state index contributed by atoms with van der Waals surface area (Å²) < 4.78 is 26.7. The van der Waals surface area contributed by atoms with Gasteiger partial charge in [0.15, 0.2) is 0 Å².